The van der Waals surface area contributed by atoms with E-state index in [0.29, 0.717) is 22.7 Å². The van der Waals surface area contributed by atoms with Gasteiger partial charge in [-0.25, -0.2) is 0 Å². The molecule has 164 valence electrons. The van der Waals surface area contributed by atoms with E-state index >= 15 is 0 Å². The molecule has 3 aromatic carbocycles. The molecule has 9 nitrogen and oxygen atoms in total. The van der Waals surface area contributed by atoms with Crippen molar-refractivity contribution in [3.8, 4) is 11.5 Å². The number of carbonyl (C=O) groups is 1. The first-order valence-electron chi connectivity index (χ1n) is 9.59. The van der Waals surface area contributed by atoms with Crippen LogP contribution in [0.4, 0.5) is 11.4 Å². The monoisotopic (exact) mass is 435 g/mol. The van der Waals surface area contributed by atoms with E-state index in [4.69, 9.17) is 14.3 Å². The normalized spacial score (nSPS) is 10.5. The second-order valence-corrected chi connectivity index (χ2v) is 6.54. The summed E-state index contributed by atoms with van der Waals surface area (Å²) in [4.78, 5) is 27.2. The van der Waals surface area contributed by atoms with Crippen LogP contribution in [0.2, 0.25) is 0 Å². The van der Waals surface area contributed by atoms with E-state index < -0.39 is 4.92 Å². The van der Waals surface area contributed by atoms with Crippen LogP contribution in [0.3, 0.4) is 0 Å². The van der Waals surface area contributed by atoms with Gasteiger partial charge in [0.1, 0.15) is 6.61 Å². The van der Waals surface area contributed by atoms with Crippen molar-refractivity contribution in [1.29, 1.82) is 0 Å². The Bertz CT molecular complexity index is 1080. The zero-order chi connectivity index (χ0) is 22.8. The number of nitro groups is 1. The molecule has 0 fully saturated rings. The number of nitrogens with one attached hydrogen (secondary N) is 1. The molecule has 9 heteroatoms. The molecular formula is C23H21N3O6. The van der Waals surface area contributed by atoms with E-state index in [0.717, 1.165) is 5.56 Å². The maximum absolute atomic E-state index is 11.8. The fraction of sp³-hybridized carbons (Fsp3) is 0.130. The second kappa shape index (κ2) is 11.1. The summed E-state index contributed by atoms with van der Waals surface area (Å²) in [6.07, 6.45) is 1.46. The van der Waals surface area contributed by atoms with Crippen molar-refractivity contribution in [2.24, 2.45) is 5.16 Å². The molecule has 0 spiro atoms. The molecule has 1 N–H and O–H groups in total. The lowest BCUT2D eigenvalue weighted by Gasteiger charge is -2.11. The molecule has 0 saturated carbocycles. The molecule has 0 saturated heterocycles. The first kappa shape index (κ1) is 22.3. The zero-order valence-electron chi connectivity index (χ0n) is 17.3. The number of anilines is 1. The Hall–Kier alpha value is -4.40. The van der Waals surface area contributed by atoms with Crippen LogP contribution in [0.5, 0.6) is 11.5 Å². The van der Waals surface area contributed by atoms with Crippen LogP contribution in [-0.4, -0.2) is 30.8 Å². The molecule has 3 rings (SSSR count). The summed E-state index contributed by atoms with van der Waals surface area (Å²) < 4.78 is 11.1. The molecule has 32 heavy (non-hydrogen) atoms. The summed E-state index contributed by atoms with van der Waals surface area (Å²) in [5.41, 5.74) is 2.17. The van der Waals surface area contributed by atoms with Gasteiger partial charge in [0.25, 0.3) is 11.6 Å². The lowest BCUT2D eigenvalue weighted by molar-refractivity contribution is -0.384. The van der Waals surface area contributed by atoms with Gasteiger partial charge in [-0.15, -0.1) is 0 Å². The largest absolute Gasteiger partial charge is 0.493 e. The van der Waals surface area contributed by atoms with Crippen LogP contribution in [-0.2, 0) is 16.2 Å². The Labute approximate surface area is 184 Å². The average molecular weight is 435 g/mol. The smallest absolute Gasteiger partial charge is 0.269 e. The van der Waals surface area contributed by atoms with Crippen molar-refractivity contribution < 1.29 is 24.0 Å². The van der Waals surface area contributed by atoms with E-state index in [9.17, 15) is 14.9 Å². The van der Waals surface area contributed by atoms with E-state index in [1.807, 2.05) is 18.2 Å². The summed E-state index contributed by atoms with van der Waals surface area (Å²) >= 11 is 0. The fourth-order valence-electron chi connectivity index (χ4n) is 2.67. The summed E-state index contributed by atoms with van der Waals surface area (Å²) in [6, 6.07) is 20.4. The molecule has 0 radical (unpaired) electrons. The lowest BCUT2D eigenvalue weighted by atomic mass is 10.2. The summed E-state index contributed by atoms with van der Waals surface area (Å²) in [5, 5.41) is 17.2. The third kappa shape index (κ3) is 6.56. The highest BCUT2D eigenvalue weighted by atomic mass is 16.6. The Balaban J connectivity index is 1.51. The van der Waals surface area contributed by atoms with Gasteiger partial charge in [0.2, 0.25) is 0 Å². The van der Waals surface area contributed by atoms with Crippen molar-refractivity contribution >= 4 is 23.5 Å². The van der Waals surface area contributed by atoms with E-state index in [-0.39, 0.29) is 24.8 Å². The van der Waals surface area contributed by atoms with Crippen LogP contribution in [0, 0.1) is 10.1 Å². The molecule has 0 aliphatic carbocycles. The number of nitrogens with zero attached hydrogens (tertiary/aromatic N) is 2. The SMILES string of the molecule is COc1cc(C=NOCC(=O)Nc2ccccc2)ccc1OCc1ccc([N+](=O)[O-])cc1. The number of amides is 1. The summed E-state index contributed by atoms with van der Waals surface area (Å²) in [5.74, 6) is 0.671. The average Bonchev–Trinajstić information content (AvgIpc) is 2.81. The third-order valence-electron chi connectivity index (χ3n) is 4.26. The number of hydrogen-bond acceptors (Lipinski definition) is 7. The zero-order valence-corrected chi connectivity index (χ0v) is 17.3. The molecule has 0 unspecified atom stereocenters. The molecule has 0 aromatic heterocycles. The van der Waals surface area contributed by atoms with Gasteiger partial charge in [0.05, 0.1) is 18.2 Å². The number of para-hydroxylation sites is 1. The minimum absolute atomic E-state index is 0.0229. The number of rotatable bonds is 10. The highest BCUT2D eigenvalue weighted by Gasteiger charge is 2.08. The molecule has 0 aliphatic rings. The van der Waals surface area contributed by atoms with E-state index in [1.54, 1.807) is 42.5 Å². The number of oxime groups is 1. The van der Waals surface area contributed by atoms with Gasteiger partial charge < -0.3 is 19.6 Å². The Morgan fingerprint density at radius 2 is 1.81 bits per heavy atom. The van der Waals surface area contributed by atoms with Gasteiger partial charge in [0, 0.05) is 23.4 Å². The van der Waals surface area contributed by atoms with Gasteiger partial charge in [-0.2, -0.15) is 0 Å². The quantitative estimate of drug-likeness (QED) is 0.291. The number of nitro benzene ring substituents is 1. The molecular weight excluding hydrogens is 414 g/mol. The number of carbonyl (C=O) groups excluding carboxylic acids is 1. The van der Waals surface area contributed by atoms with Crippen molar-refractivity contribution in [1.82, 2.24) is 0 Å². The Morgan fingerprint density at radius 1 is 1.06 bits per heavy atom. The second-order valence-electron chi connectivity index (χ2n) is 6.54. The van der Waals surface area contributed by atoms with Gasteiger partial charge in [-0.3, -0.25) is 14.9 Å². The molecule has 1 amide bonds. The van der Waals surface area contributed by atoms with Crippen molar-refractivity contribution in [3.63, 3.8) is 0 Å². The molecule has 0 bridgehead atoms. The van der Waals surface area contributed by atoms with Crippen LogP contribution in [0.1, 0.15) is 11.1 Å². The van der Waals surface area contributed by atoms with Crippen LogP contribution in [0.25, 0.3) is 0 Å². The maximum Gasteiger partial charge on any atom is 0.269 e. The predicted molar refractivity (Wildman–Crippen MR) is 119 cm³/mol. The summed E-state index contributed by atoms with van der Waals surface area (Å²) in [7, 11) is 1.51. The van der Waals surface area contributed by atoms with Crippen LogP contribution >= 0.6 is 0 Å². The molecule has 0 atom stereocenters. The number of benzene rings is 3. The third-order valence-corrected chi connectivity index (χ3v) is 4.26. The van der Waals surface area contributed by atoms with Crippen LogP contribution in [0.15, 0.2) is 78.0 Å². The summed E-state index contributed by atoms with van der Waals surface area (Å²) in [6.45, 7) is 0.000385. The standard InChI is InChI=1S/C23H21N3O6/c1-30-22-13-18(14-24-32-16-23(27)25-19-5-3-2-4-6-19)9-12-21(22)31-15-17-7-10-20(11-8-17)26(28)29/h2-14H,15-16H2,1H3,(H,25,27). The number of hydrogen-bond donors (Lipinski definition) is 1. The molecule has 0 heterocycles. The fourth-order valence-corrected chi connectivity index (χ4v) is 2.67. The van der Waals surface area contributed by atoms with Gasteiger partial charge in [-0.1, -0.05) is 23.4 Å². The first-order valence-corrected chi connectivity index (χ1v) is 9.59. The number of methoxy groups -OCH3 is 1. The number of ether oxygens (including phenoxy) is 2. The maximum atomic E-state index is 11.8. The first-order chi connectivity index (χ1) is 15.5. The van der Waals surface area contributed by atoms with Crippen molar-refractivity contribution in [2.45, 2.75) is 6.61 Å². The van der Waals surface area contributed by atoms with Gasteiger partial charge >= 0.3 is 0 Å². The molecule has 3 aromatic rings. The Kier molecular flexibility index (Phi) is 7.74. The minimum atomic E-state index is -0.451. The van der Waals surface area contributed by atoms with Gasteiger partial charge in [-0.05, 0) is 48.0 Å². The topological polar surface area (TPSA) is 112 Å². The van der Waals surface area contributed by atoms with Crippen LogP contribution < -0.4 is 14.8 Å². The van der Waals surface area contributed by atoms with Crippen molar-refractivity contribution in [2.75, 3.05) is 19.0 Å². The highest BCUT2D eigenvalue weighted by molar-refractivity contribution is 5.91. The number of non-ortho nitro benzene ring substituents is 1. The minimum Gasteiger partial charge on any atom is -0.493 e. The highest BCUT2D eigenvalue weighted by Crippen LogP contribution is 2.28. The van der Waals surface area contributed by atoms with Crippen molar-refractivity contribution in [3.05, 3.63) is 94.0 Å². The van der Waals surface area contributed by atoms with E-state index in [1.165, 1.54) is 25.5 Å². The van der Waals surface area contributed by atoms with E-state index in [2.05, 4.69) is 10.5 Å². The molecule has 0 aliphatic heterocycles. The lowest BCUT2D eigenvalue weighted by Crippen LogP contribution is -2.16. The Morgan fingerprint density at radius 3 is 2.50 bits per heavy atom. The van der Waals surface area contributed by atoms with Gasteiger partial charge in [0.15, 0.2) is 18.1 Å². The predicted octanol–water partition coefficient (Wildman–Crippen LogP) is 4.17.